The number of amides is 3. The normalized spacial score (nSPS) is 13.0. The third-order valence-electron chi connectivity index (χ3n) is 4.28. The van der Waals surface area contributed by atoms with Crippen molar-refractivity contribution in [2.75, 3.05) is 5.32 Å². The summed E-state index contributed by atoms with van der Waals surface area (Å²) in [5.41, 5.74) is 2.87. The largest absolute Gasteiger partial charge is 0.348 e. The molecule has 2 unspecified atom stereocenters. The van der Waals surface area contributed by atoms with E-state index in [1.54, 1.807) is 12.1 Å². The molecular weight excluding hydrogens is 326 g/mol. The first-order valence-electron chi connectivity index (χ1n) is 8.87. The van der Waals surface area contributed by atoms with Crippen molar-refractivity contribution in [1.82, 2.24) is 10.6 Å². The minimum absolute atomic E-state index is 0.0411. The Labute approximate surface area is 155 Å². The molecule has 0 bridgehead atoms. The van der Waals surface area contributed by atoms with E-state index < -0.39 is 12.1 Å². The van der Waals surface area contributed by atoms with Crippen LogP contribution in [-0.2, 0) is 4.79 Å². The Kier molecular flexibility index (Phi) is 6.78. The number of anilines is 1. The van der Waals surface area contributed by atoms with Crippen molar-refractivity contribution >= 4 is 17.6 Å². The highest BCUT2D eigenvalue weighted by molar-refractivity contribution is 5.93. The fourth-order valence-electron chi connectivity index (χ4n) is 2.82. The molecule has 138 valence electrons. The Morgan fingerprint density at radius 2 is 1.46 bits per heavy atom. The molecule has 2 atom stereocenters. The van der Waals surface area contributed by atoms with Crippen LogP contribution in [0, 0.1) is 12.8 Å². The molecule has 0 heterocycles. The highest BCUT2D eigenvalue weighted by atomic mass is 16.2. The summed E-state index contributed by atoms with van der Waals surface area (Å²) in [5, 5.41) is 8.53. The number of hydrogen-bond donors (Lipinski definition) is 3. The summed E-state index contributed by atoms with van der Waals surface area (Å²) >= 11 is 0. The Morgan fingerprint density at radius 3 is 2.08 bits per heavy atom. The van der Waals surface area contributed by atoms with Crippen LogP contribution in [0.15, 0.2) is 54.6 Å². The number of nitrogens with one attached hydrogen (secondary N) is 3. The fraction of sp³-hybridized carbons (Fsp3) is 0.333. The van der Waals surface area contributed by atoms with Crippen molar-refractivity contribution in [1.29, 1.82) is 0 Å². The van der Waals surface area contributed by atoms with Crippen molar-refractivity contribution in [3.63, 3.8) is 0 Å². The van der Waals surface area contributed by atoms with Crippen LogP contribution in [0.3, 0.4) is 0 Å². The van der Waals surface area contributed by atoms with E-state index >= 15 is 0 Å². The molecule has 5 heteroatoms. The first-order valence-corrected chi connectivity index (χ1v) is 8.87. The number of carbonyl (C=O) groups excluding carboxylic acids is 2. The number of para-hydroxylation sites is 1. The quantitative estimate of drug-likeness (QED) is 0.734. The van der Waals surface area contributed by atoms with Crippen molar-refractivity contribution < 1.29 is 9.59 Å². The lowest BCUT2D eigenvalue weighted by atomic mass is 10.00. The Morgan fingerprint density at radius 1 is 0.846 bits per heavy atom. The van der Waals surface area contributed by atoms with E-state index in [-0.39, 0.29) is 17.9 Å². The van der Waals surface area contributed by atoms with Gasteiger partial charge in [-0.3, -0.25) is 4.79 Å². The second-order valence-electron chi connectivity index (χ2n) is 6.77. The molecule has 0 fully saturated rings. The van der Waals surface area contributed by atoms with Gasteiger partial charge in [-0.05, 0) is 43.0 Å². The number of benzene rings is 2. The van der Waals surface area contributed by atoms with E-state index in [4.69, 9.17) is 0 Å². The van der Waals surface area contributed by atoms with Gasteiger partial charge in [0.25, 0.3) is 0 Å². The van der Waals surface area contributed by atoms with Gasteiger partial charge in [0.1, 0.15) is 6.04 Å². The number of aryl methyl sites for hydroxylation is 1. The molecule has 5 nitrogen and oxygen atoms in total. The number of hydrogen-bond acceptors (Lipinski definition) is 2. The van der Waals surface area contributed by atoms with Gasteiger partial charge in [0.2, 0.25) is 5.91 Å². The topological polar surface area (TPSA) is 70.2 Å². The van der Waals surface area contributed by atoms with Gasteiger partial charge in [-0.15, -0.1) is 0 Å². The lowest BCUT2D eigenvalue weighted by molar-refractivity contribution is -0.124. The average Bonchev–Trinajstić information content (AvgIpc) is 2.60. The van der Waals surface area contributed by atoms with Crippen molar-refractivity contribution in [3.05, 3.63) is 65.7 Å². The Hall–Kier alpha value is -2.82. The lowest BCUT2D eigenvalue weighted by Crippen LogP contribution is -2.51. The molecule has 0 radical (unpaired) electrons. The smallest absolute Gasteiger partial charge is 0.319 e. The zero-order valence-corrected chi connectivity index (χ0v) is 15.7. The average molecular weight is 353 g/mol. The minimum atomic E-state index is -0.620. The molecule has 0 saturated carbocycles. The van der Waals surface area contributed by atoms with Gasteiger partial charge in [0.05, 0.1) is 6.04 Å². The van der Waals surface area contributed by atoms with Gasteiger partial charge < -0.3 is 16.0 Å². The molecule has 2 rings (SSSR count). The summed E-state index contributed by atoms with van der Waals surface area (Å²) in [7, 11) is 0. The Balaban J connectivity index is 2.00. The predicted molar refractivity (Wildman–Crippen MR) is 105 cm³/mol. The molecule has 0 spiro atoms. The highest BCUT2D eigenvalue weighted by Crippen LogP contribution is 2.17. The van der Waals surface area contributed by atoms with Crippen molar-refractivity contribution in [3.8, 4) is 0 Å². The molecule has 0 aliphatic heterocycles. The van der Waals surface area contributed by atoms with Crippen LogP contribution in [0.5, 0.6) is 0 Å². The monoisotopic (exact) mass is 353 g/mol. The van der Waals surface area contributed by atoms with Gasteiger partial charge in [0.15, 0.2) is 0 Å². The zero-order chi connectivity index (χ0) is 19.1. The highest BCUT2D eigenvalue weighted by Gasteiger charge is 2.25. The van der Waals surface area contributed by atoms with Crippen LogP contribution in [0.1, 0.15) is 37.9 Å². The maximum Gasteiger partial charge on any atom is 0.319 e. The molecule has 3 amide bonds. The SMILES string of the molecule is Cc1ccccc1C(C)NC(=O)C(NC(=O)Nc1ccccc1)C(C)C. The minimum Gasteiger partial charge on any atom is -0.348 e. The van der Waals surface area contributed by atoms with Crippen LogP contribution in [-0.4, -0.2) is 18.0 Å². The van der Waals surface area contributed by atoms with E-state index in [0.29, 0.717) is 5.69 Å². The number of urea groups is 1. The summed E-state index contributed by atoms with van der Waals surface area (Å²) in [6, 6.07) is 15.9. The maximum atomic E-state index is 12.7. The molecule has 2 aromatic rings. The van der Waals surface area contributed by atoms with Crippen molar-refractivity contribution in [2.45, 2.75) is 39.8 Å². The molecular formula is C21H27N3O2. The Bertz CT molecular complexity index is 744. The number of carbonyl (C=O) groups is 2. The molecule has 0 saturated heterocycles. The van der Waals surface area contributed by atoms with Gasteiger partial charge in [-0.1, -0.05) is 56.3 Å². The maximum absolute atomic E-state index is 12.7. The number of rotatable bonds is 6. The van der Waals surface area contributed by atoms with Crippen LogP contribution >= 0.6 is 0 Å². The van der Waals surface area contributed by atoms with E-state index in [1.807, 2.05) is 70.2 Å². The first kappa shape index (κ1) is 19.5. The van der Waals surface area contributed by atoms with E-state index in [1.165, 1.54) is 0 Å². The zero-order valence-electron chi connectivity index (χ0n) is 15.7. The summed E-state index contributed by atoms with van der Waals surface area (Å²) in [6.45, 7) is 7.78. The van der Waals surface area contributed by atoms with Gasteiger partial charge in [-0.2, -0.15) is 0 Å². The molecule has 26 heavy (non-hydrogen) atoms. The second-order valence-corrected chi connectivity index (χ2v) is 6.77. The van der Waals surface area contributed by atoms with E-state index in [2.05, 4.69) is 16.0 Å². The van der Waals surface area contributed by atoms with Crippen molar-refractivity contribution in [2.24, 2.45) is 5.92 Å². The second kappa shape index (κ2) is 9.04. The van der Waals surface area contributed by atoms with Crippen LogP contribution in [0.4, 0.5) is 10.5 Å². The van der Waals surface area contributed by atoms with E-state index in [9.17, 15) is 9.59 Å². The van der Waals surface area contributed by atoms with Gasteiger partial charge in [-0.25, -0.2) is 4.79 Å². The lowest BCUT2D eigenvalue weighted by Gasteiger charge is -2.25. The predicted octanol–water partition coefficient (Wildman–Crippen LogP) is 4.02. The molecule has 0 aliphatic carbocycles. The summed E-state index contributed by atoms with van der Waals surface area (Å²) < 4.78 is 0. The summed E-state index contributed by atoms with van der Waals surface area (Å²) in [6.07, 6.45) is 0. The standard InChI is InChI=1S/C21H27N3O2/c1-14(2)19(24-21(26)23-17-11-6-5-7-12-17)20(25)22-16(4)18-13-9-8-10-15(18)3/h5-14,16,19H,1-4H3,(H,22,25)(H2,23,24,26). The third kappa shape index (κ3) is 5.34. The van der Waals surface area contributed by atoms with Gasteiger partial charge >= 0.3 is 6.03 Å². The van der Waals surface area contributed by atoms with Crippen LogP contribution < -0.4 is 16.0 Å². The summed E-state index contributed by atoms with van der Waals surface area (Å²) in [4.78, 5) is 25.0. The van der Waals surface area contributed by atoms with Crippen LogP contribution in [0.2, 0.25) is 0 Å². The van der Waals surface area contributed by atoms with Crippen LogP contribution in [0.25, 0.3) is 0 Å². The molecule has 0 aliphatic rings. The van der Waals surface area contributed by atoms with Gasteiger partial charge in [0, 0.05) is 5.69 Å². The first-order chi connectivity index (χ1) is 12.4. The fourth-order valence-corrected chi connectivity index (χ4v) is 2.82. The molecule has 0 aromatic heterocycles. The third-order valence-corrected chi connectivity index (χ3v) is 4.28. The summed E-state index contributed by atoms with van der Waals surface area (Å²) in [5.74, 6) is -0.237. The molecule has 3 N–H and O–H groups in total. The molecule has 2 aromatic carbocycles. The van der Waals surface area contributed by atoms with E-state index in [0.717, 1.165) is 11.1 Å².